The molecule has 0 fully saturated rings. The largest absolute Gasteiger partial charge is 0.508 e. The van der Waals surface area contributed by atoms with Gasteiger partial charge in [0, 0.05) is 0 Å². The van der Waals surface area contributed by atoms with Gasteiger partial charge in [-0.15, -0.1) is 0 Å². The van der Waals surface area contributed by atoms with Crippen LogP contribution in [0.15, 0.2) is 58.5 Å². The molecule has 2 aromatic rings. The summed E-state index contributed by atoms with van der Waals surface area (Å²) >= 11 is 0. The fourth-order valence-electron chi connectivity index (χ4n) is 1.50. The van der Waals surface area contributed by atoms with Crippen LogP contribution in [0.3, 0.4) is 0 Å². The third kappa shape index (κ3) is 3.58. The van der Waals surface area contributed by atoms with E-state index in [-0.39, 0.29) is 10.6 Å². The maximum Gasteiger partial charge on any atom is 0.276 e. The van der Waals surface area contributed by atoms with Gasteiger partial charge < -0.3 is 5.11 Å². The molecule has 0 aliphatic carbocycles. The molecule has 0 bridgehead atoms. The van der Waals surface area contributed by atoms with Gasteiger partial charge in [0.1, 0.15) is 5.75 Å². The lowest BCUT2D eigenvalue weighted by molar-refractivity contribution is 0.475. The minimum atomic E-state index is -3.65. The summed E-state index contributed by atoms with van der Waals surface area (Å²) in [5.74, 6) is 0.141. The van der Waals surface area contributed by atoms with Crippen LogP contribution in [-0.4, -0.2) is 19.7 Å². The molecule has 0 saturated heterocycles. The molecule has 2 rings (SSSR count). The molecule has 0 aliphatic heterocycles. The van der Waals surface area contributed by atoms with Gasteiger partial charge in [0.25, 0.3) is 10.0 Å². The molecule has 0 saturated carbocycles. The van der Waals surface area contributed by atoms with Crippen LogP contribution in [0.4, 0.5) is 0 Å². The summed E-state index contributed by atoms with van der Waals surface area (Å²) in [5, 5.41) is 12.8. The lowest BCUT2D eigenvalue weighted by Crippen LogP contribution is -2.18. The van der Waals surface area contributed by atoms with Crippen molar-refractivity contribution in [3.8, 4) is 5.75 Å². The molecule has 2 aromatic carbocycles. The number of nitrogens with one attached hydrogen (secondary N) is 1. The van der Waals surface area contributed by atoms with Crippen molar-refractivity contribution in [3.05, 3.63) is 59.7 Å². The summed E-state index contributed by atoms with van der Waals surface area (Å²) in [6, 6.07) is 12.7. The zero-order chi connectivity index (χ0) is 14.6. The minimum absolute atomic E-state index is 0.141. The molecule has 0 radical (unpaired) electrons. The summed E-state index contributed by atoms with van der Waals surface area (Å²) in [4.78, 5) is 2.30. The van der Waals surface area contributed by atoms with E-state index in [1.165, 1.54) is 30.5 Å². The van der Waals surface area contributed by atoms with Crippen molar-refractivity contribution in [2.24, 2.45) is 5.10 Å². The number of benzene rings is 2. The lowest BCUT2D eigenvalue weighted by Gasteiger charge is -2.03. The Kier molecular flexibility index (Phi) is 4.05. The topological polar surface area (TPSA) is 78.8 Å². The Bertz CT molecular complexity index is 705. The predicted octanol–water partition coefficient (Wildman–Crippen LogP) is 2.01. The molecule has 0 aliphatic rings. The molecular weight excluding hydrogens is 276 g/mol. The first-order chi connectivity index (χ1) is 9.47. The van der Waals surface area contributed by atoms with Crippen molar-refractivity contribution < 1.29 is 13.5 Å². The molecule has 5 nitrogen and oxygen atoms in total. The quantitative estimate of drug-likeness (QED) is 0.668. The van der Waals surface area contributed by atoms with Crippen LogP contribution >= 0.6 is 0 Å². The SMILES string of the molecule is Cc1ccc(S(=O)(=O)N/N=C\c2ccc(O)cc2)cc1. The third-order valence-electron chi connectivity index (χ3n) is 2.61. The Balaban J connectivity index is 2.09. The van der Waals surface area contributed by atoms with E-state index in [0.29, 0.717) is 5.56 Å². The fraction of sp³-hybridized carbons (Fsp3) is 0.0714. The van der Waals surface area contributed by atoms with Crippen molar-refractivity contribution >= 4 is 16.2 Å². The number of sulfonamides is 1. The number of hydrazone groups is 1. The third-order valence-corrected chi connectivity index (χ3v) is 3.85. The minimum Gasteiger partial charge on any atom is -0.508 e. The van der Waals surface area contributed by atoms with Gasteiger partial charge in [-0.3, -0.25) is 0 Å². The normalized spacial score (nSPS) is 11.7. The molecule has 20 heavy (non-hydrogen) atoms. The van der Waals surface area contributed by atoms with E-state index in [9.17, 15) is 8.42 Å². The zero-order valence-electron chi connectivity index (χ0n) is 10.8. The first-order valence-electron chi connectivity index (χ1n) is 5.88. The second kappa shape index (κ2) is 5.75. The highest BCUT2D eigenvalue weighted by Crippen LogP contribution is 2.10. The van der Waals surface area contributed by atoms with Crippen LogP contribution in [-0.2, 0) is 10.0 Å². The number of nitrogens with zero attached hydrogens (tertiary/aromatic N) is 1. The second-order valence-electron chi connectivity index (χ2n) is 4.26. The Morgan fingerprint density at radius 2 is 1.65 bits per heavy atom. The molecule has 0 aromatic heterocycles. The van der Waals surface area contributed by atoms with Crippen LogP contribution in [0, 0.1) is 6.92 Å². The van der Waals surface area contributed by atoms with Gasteiger partial charge in [0.05, 0.1) is 11.1 Å². The molecule has 2 N–H and O–H groups in total. The summed E-state index contributed by atoms with van der Waals surface area (Å²) in [6.45, 7) is 1.88. The number of aryl methyl sites for hydroxylation is 1. The van der Waals surface area contributed by atoms with Crippen LogP contribution in [0.25, 0.3) is 0 Å². The number of phenols is 1. The number of hydrogen-bond donors (Lipinski definition) is 2. The van der Waals surface area contributed by atoms with Crippen LogP contribution in [0.1, 0.15) is 11.1 Å². The lowest BCUT2D eigenvalue weighted by atomic mass is 10.2. The van der Waals surface area contributed by atoms with Gasteiger partial charge in [-0.25, -0.2) is 4.83 Å². The predicted molar refractivity (Wildman–Crippen MR) is 77.2 cm³/mol. The van der Waals surface area contributed by atoms with Gasteiger partial charge in [-0.1, -0.05) is 17.7 Å². The highest BCUT2D eigenvalue weighted by Gasteiger charge is 2.11. The zero-order valence-corrected chi connectivity index (χ0v) is 11.6. The summed E-state index contributed by atoms with van der Waals surface area (Å²) in [7, 11) is -3.65. The van der Waals surface area contributed by atoms with E-state index in [1.807, 2.05) is 6.92 Å². The Morgan fingerprint density at radius 1 is 1.05 bits per heavy atom. The highest BCUT2D eigenvalue weighted by molar-refractivity contribution is 7.89. The smallest absolute Gasteiger partial charge is 0.276 e. The summed E-state index contributed by atoms with van der Waals surface area (Å²) < 4.78 is 23.8. The standard InChI is InChI=1S/C14H14N2O3S/c1-11-2-8-14(9-3-11)20(18,19)16-15-10-12-4-6-13(17)7-5-12/h2-10,16-17H,1H3/b15-10-. The molecule has 0 heterocycles. The van der Waals surface area contributed by atoms with Crippen molar-refractivity contribution in [3.63, 3.8) is 0 Å². The maximum atomic E-state index is 11.9. The monoisotopic (exact) mass is 290 g/mol. The maximum absolute atomic E-state index is 11.9. The van der Waals surface area contributed by atoms with Crippen LogP contribution < -0.4 is 4.83 Å². The number of phenolic OH excluding ortho intramolecular Hbond substituents is 1. The fourth-order valence-corrected chi connectivity index (χ4v) is 2.29. The molecule has 0 unspecified atom stereocenters. The Labute approximate surface area is 117 Å². The first kappa shape index (κ1) is 14.1. The summed E-state index contributed by atoms with van der Waals surface area (Å²) in [6.07, 6.45) is 1.37. The van der Waals surface area contributed by atoms with Crippen LogP contribution in [0.5, 0.6) is 5.75 Å². The second-order valence-corrected chi connectivity index (χ2v) is 5.92. The molecule has 0 atom stereocenters. The molecule has 6 heteroatoms. The van der Waals surface area contributed by atoms with E-state index >= 15 is 0 Å². The number of hydrogen-bond acceptors (Lipinski definition) is 4. The molecule has 0 spiro atoms. The number of rotatable bonds is 4. The van der Waals surface area contributed by atoms with Gasteiger partial charge in [-0.2, -0.15) is 13.5 Å². The highest BCUT2D eigenvalue weighted by atomic mass is 32.2. The van der Waals surface area contributed by atoms with E-state index in [1.54, 1.807) is 24.3 Å². The Morgan fingerprint density at radius 3 is 2.25 bits per heavy atom. The van der Waals surface area contributed by atoms with Gasteiger partial charge in [-0.05, 0) is 48.9 Å². The van der Waals surface area contributed by atoms with Crippen LogP contribution in [0.2, 0.25) is 0 Å². The molecule has 0 amide bonds. The van der Waals surface area contributed by atoms with Crippen molar-refractivity contribution in [1.82, 2.24) is 4.83 Å². The summed E-state index contributed by atoms with van der Waals surface area (Å²) in [5.41, 5.74) is 1.66. The van der Waals surface area contributed by atoms with E-state index in [2.05, 4.69) is 9.93 Å². The van der Waals surface area contributed by atoms with Gasteiger partial charge in [0.2, 0.25) is 0 Å². The van der Waals surface area contributed by atoms with Gasteiger partial charge in [0.15, 0.2) is 0 Å². The number of aromatic hydroxyl groups is 1. The van der Waals surface area contributed by atoms with Crippen molar-refractivity contribution in [2.45, 2.75) is 11.8 Å². The average Bonchev–Trinajstić information content (AvgIpc) is 2.41. The Hall–Kier alpha value is -2.34. The van der Waals surface area contributed by atoms with Crippen molar-refractivity contribution in [2.75, 3.05) is 0 Å². The molecular formula is C14H14N2O3S. The van der Waals surface area contributed by atoms with Crippen molar-refractivity contribution in [1.29, 1.82) is 0 Å². The van der Waals surface area contributed by atoms with E-state index in [4.69, 9.17) is 5.11 Å². The van der Waals surface area contributed by atoms with E-state index < -0.39 is 10.0 Å². The molecule has 104 valence electrons. The average molecular weight is 290 g/mol. The first-order valence-corrected chi connectivity index (χ1v) is 7.36. The van der Waals surface area contributed by atoms with Gasteiger partial charge >= 0.3 is 0 Å². The van der Waals surface area contributed by atoms with E-state index in [0.717, 1.165) is 5.56 Å².